The highest BCUT2D eigenvalue weighted by Crippen LogP contribution is 2.33. The number of benzene rings is 1. The van der Waals surface area contributed by atoms with Crippen LogP contribution in [0.5, 0.6) is 5.75 Å². The van der Waals surface area contributed by atoms with Crippen molar-refractivity contribution in [2.24, 2.45) is 0 Å². The van der Waals surface area contributed by atoms with Crippen molar-refractivity contribution in [2.45, 2.75) is 13.0 Å². The lowest BCUT2D eigenvalue weighted by Crippen LogP contribution is -2.51. The summed E-state index contributed by atoms with van der Waals surface area (Å²) < 4.78 is 5.47. The number of methoxy groups -OCH3 is 1. The molecule has 1 aliphatic rings. The van der Waals surface area contributed by atoms with Crippen molar-refractivity contribution in [3.63, 3.8) is 0 Å². The maximum absolute atomic E-state index is 12.9. The van der Waals surface area contributed by atoms with Gasteiger partial charge in [-0.2, -0.15) is 0 Å². The summed E-state index contributed by atoms with van der Waals surface area (Å²) in [7, 11) is 1.62. The number of rotatable bonds is 3. The van der Waals surface area contributed by atoms with E-state index >= 15 is 0 Å². The SMILES string of the molecule is COc1ccccc1[C@@H]1CN(C(C)=O)CCN1C(=O)c1cccs1. The molecule has 1 aliphatic heterocycles. The molecule has 1 saturated heterocycles. The van der Waals surface area contributed by atoms with Crippen LogP contribution < -0.4 is 4.74 Å². The molecule has 1 atom stereocenters. The minimum atomic E-state index is -0.214. The monoisotopic (exact) mass is 344 g/mol. The number of piperazine rings is 1. The minimum absolute atomic E-state index is 0.00380. The maximum atomic E-state index is 12.9. The Labute approximate surface area is 145 Å². The lowest BCUT2D eigenvalue weighted by Gasteiger charge is -2.41. The van der Waals surface area contributed by atoms with Crippen LogP contribution in [0.3, 0.4) is 0 Å². The molecular weight excluding hydrogens is 324 g/mol. The third-order valence-electron chi connectivity index (χ3n) is 4.32. The van der Waals surface area contributed by atoms with E-state index in [2.05, 4.69) is 0 Å². The molecular formula is C18H20N2O3S. The summed E-state index contributed by atoms with van der Waals surface area (Å²) in [6.07, 6.45) is 0. The van der Waals surface area contributed by atoms with Crippen LogP contribution in [0.15, 0.2) is 41.8 Å². The van der Waals surface area contributed by atoms with Crippen molar-refractivity contribution < 1.29 is 14.3 Å². The summed E-state index contributed by atoms with van der Waals surface area (Å²) >= 11 is 1.44. The van der Waals surface area contributed by atoms with Gasteiger partial charge in [0.05, 0.1) is 18.0 Å². The van der Waals surface area contributed by atoms with E-state index in [1.165, 1.54) is 11.3 Å². The van der Waals surface area contributed by atoms with E-state index in [0.717, 1.165) is 11.3 Å². The van der Waals surface area contributed by atoms with E-state index in [-0.39, 0.29) is 17.9 Å². The molecule has 24 heavy (non-hydrogen) atoms. The summed E-state index contributed by atoms with van der Waals surface area (Å²) in [4.78, 5) is 29.1. The molecule has 2 aromatic rings. The number of ether oxygens (including phenoxy) is 1. The third-order valence-corrected chi connectivity index (χ3v) is 5.17. The van der Waals surface area contributed by atoms with Gasteiger partial charge in [-0.1, -0.05) is 24.3 Å². The second-order valence-corrected chi connectivity index (χ2v) is 6.65. The van der Waals surface area contributed by atoms with Gasteiger partial charge in [0.25, 0.3) is 5.91 Å². The highest BCUT2D eigenvalue weighted by atomic mass is 32.1. The number of hydrogen-bond donors (Lipinski definition) is 0. The van der Waals surface area contributed by atoms with Crippen LogP contribution in [-0.2, 0) is 4.79 Å². The molecule has 0 radical (unpaired) electrons. The molecule has 5 nitrogen and oxygen atoms in total. The van der Waals surface area contributed by atoms with Gasteiger partial charge in [0.2, 0.25) is 5.91 Å². The number of carbonyl (C=O) groups excluding carboxylic acids is 2. The van der Waals surface area contributed by atoms with Gasteiger partial charge in [-0.3, -0.25) is 9.59 Å². The standard InChI is InChI=1S/C18H20N2O3S/c1-13(21)19-9-10-20(18(22)17-8-5-11-24-17)15(12-19)14-6-3-4-7-16(14)23-2/h3-8,11,15H,9-10,12H2,1-2H3/t15-/m0/s1. The van der Waals surface area contributed by atoms with E-state index in [0.29, 0.717) is 24.5 Å². The molecule has 1 aromatic heterocycles. The molecule has 1 aromatic carbocycles. The fourth-order valence-electron chi connectivity index (χ4n) is 3.06. The zero-order valence-corrected chi connectivity index (χ0v) is 14.6. The summed E-state index contributed by atoms with van der Waals surface area (Å²) in [6, 6.07) is 11.2. The summed E-state index contributed by atoms with van der Waals surface area (Å²) in [5.41, 5.74) is 0.927. The molecule has 0 saturated carbocycles. The van der Waals surface area contributed by atoms with Gasteiger partial charge in [0.15, 0.2) is 0 Å². The number of amides is 2. The van der Waals surface area contributed by atoms with E-state index in [4.69, 9.17) is 4.74 Å². The Balaban J connectivity index is 1.97. The smallest absolute Gasteiger partial charge is 0.264 e. The van der Waals surface area contributed by atoms with Crippen LogP contribution in [0.1, 0.15) is 28.2 Å². The molecule has 1 fully saturated rings. The normalized spacial score (nSPS) is 17.7. The number of nitrogens with zero attached hydrogens (tertiary/aromatic N) is 2. The van der Waals surface area contributed by atoms with E-state index < -0.39 is 0 Å². The Morgan fingerprint density at radius 1 is 1.17 bits per heavy atom. The quantitative estimate of drug-likeness (QED) is 0.860. The zero-order valence-electron chi connectivity index (χ0n) is 13.8. The van der Waals surface area contributed by atoms with Crippen molar-refractivity contribution >= 4 is 23.2 Å². The van der Waals surface area contributed by atoms with Crippen LogP contribution in [0.25, 0.3) is 0 Å². The fourth-order valence-corrected chi connectivity index (χ4v) is 3.74. The molecule has 0 bridgehead atoms. The van der Waals surface area contributed by atoms with Gasteiger partial charge in [0, 0.05) is 32.1 Å². The van der Waals surface area contributed by atoms with Crippen molar-refractivity contribution in [3.8, 4) is 5.75 Å². The second-order valence-electron chi connectivity index (χ2n) is 5.70. The zero-order chi connectivity index (χ0) is 17.1. The summed E-state index contributed by atoms with van der Waals surface area (Å²) in [5.74, 6) is 0.763. The number of hydrogen-bond acceptors (Lipinski definition) is 4. The Morgan fingerprint density at radius 2 is 1.96 bits per heavy atom. The molecule has 2 amide bonds. The summed E-state index contributed by atoms with van der Waals surface area (Å²) in [6.45, 7) is 3.11. The first-order chi connectivity index (χ1) is 11.6. The molecule has 126 valence electrons. The first-order valence-electron chi connectivity index (χ1n) is 7.84. The van der Waals surface area contributed by atoms with Crippen molar-refractivity contribution in [3.05, 3.63) is 52.2 Å². The predicted octanol–water partition coefficient (Wildman–Crippen LogP) is 2.80. The van der Waals surface area contributed by atoms with Crippen LogP contribution in [0.4, 0.5) is 0 Å². The first kappa shape index (κ1) is 16.5. The van der Waals surface area contributed by atoms with E-state index in [1.807, 2.05) is 46.7 Å². The Bertz CT molecular complexity index is 730. The van der Waals surface area contributed by atoms with Crippen molar-refractivity contribution in [2.75, 3.05) is 26.7 Å². The van der Waals surface area contributed by atoms with Gasteiger partial charge in [-0.05, 0) is 17.5 Å². The van der Waals surface area contributed by atoms with Crippen molar-refractivity contribution in [1.82, 2.24) is 9.80 Å². The van der Waals surface area contributed by atoms with Crippen LogP contribution in [0, 0.1) is 0 Å². The van der Waals surface area contributed by atoms with Crippen molar-refractivity contribution in [1.29, 1.82) is 0 Å². The van der Waals surface area contributed by atoms with Crippen LogP contribution >= 0.6 is 11.3 Å². The minimum Gasteiger partial charge on any atom is -0.496 e. The topological polar surface area (TPSA) is 49.9 Å². The molecule has 0 spiro atoms. The highest BCUT2D eigenvalue weighted by Gasteiger charge is 2.34. The Morgan fingerprint density at radius 3 is 2.62 bits per heavy atom. The molecule has 0 aliphatic carbocycles. The van der Waals surface area contributed by atoms with Crippen LogP contribution in [-0.4, -0.2) is 48.4 Å². The fraction of sp³-hybridized carbons (Fsp3) is 0.333. The second kappa shape index (κ2) is 7.05. The molecule has 3 rings (SSSR count). The highest BCUT2D eigenvalue weighted by molar-refractivity contribution is 7.12. The van der Waals surface area contributed by atoms with Gasteiger partial charge in [-0.15, -0.1) is 11.3 Å². The molecule has 0 unspecified atom stereocenters. The Kier molecular flexibility index (Phi) is 4.85. The largest absolute Gasteiger partial charge is 0.496 e. The number of carbonyl (C=O) groups is 2. The molecule has 2 heterocycles. The average Bonchev–Trinajstić information content (AvgIpc) is 3.15. The van der Waals surface area contributed by atoms with Crippen LogP contribution in [0.2, 0.25) is 0 Å². The lowest BCUT2D eigenvalue weighted by molar-refractivity contribution is -0.131. The van der Waals surface area contributed by atoms with Gasteiger partial charge >= 0.3 is 0 Å². The number of para-hydroxylation sites is 1. The number of thiophene rings is 1. The summed E-state index contributed by atoms with van der Waals surface area (Å²) in [5, 5.41) is 1.90. The molecule has 6 heteroatoms. The maximum Gasteiger partial charge on any atom is 0.264 e. The van der Waals surface area contributed by atoms with Gasteiger partial charge in [0.1, 0.15) is 5.75 Å². The predicted molar refractivity (Wildman–Crippen MR) is 93.3 cm³/mol. The third kappa shape index (κ3) is 3.14. The average molecular weight is 344 g/mol. The van der Waals surface area contributed by atoms with Gasteiger partial charge in [-0.25, -0.2) is 0 Å². The van der Waals surface area contributed by atoms with E-state index in [9.17, 15) is 9.59 Å². The molecule has 0 N–H and O–H groups in total. The lowest BCUT2D eigenvalue weighted by atomic mass is 10.0. The van der Waals surface area contributed by atoms with Gasteiger partial charge < -0.3 is 14.5 Å². The van der Waals surface area contributed by atoms with E-state index in [1.54, 1.807) is 18.9 Å². The first-order valence-corrected chi connectivity index (χ1v) is 8.72. The Hall–Kier alpha value is -2.34.